The molecule has 2 N–H and O–H groups in total. The number of hydrogen-bond acceptors (Lipinski definition) is 5. The molecule has 0 atom stereocenters. The van der Waals surface area contributed by atoms with Crippen LogP contribution in [-0.4, -0.2) is 30.0 Å². The fourth-order valence-corrected chi connectivity index (χ4v) is 2.51. The molecule has 0 fully saturated rings. The van der Waals surface area contributed by atoms with E-state index in [2.05, 4.69) is 31.4 Å². The molecule has 0 bridgehead atoms. The fourth-order valence-electron chi connectivity index (χ4n) is 2.15. The average Bonchev–Trinajstić information content (AvgIpc) is 2.84. The smallest absolute Gasteiger partial charge is 0.276 e. The minimum atomic E-state index is -0.293. The molecule has 2 aromatic rings. The Morgan fingerprint density at radius 2 is 2.09 bits per heavy atom. The maximum absolute atomic E-state index is 11.9. The number of ether oxygens (including phenoxy) is 1. The van der Waals surface area contributed by atoms with Crippen LogP contribution in [-0.2, 0) is 4.79 Å². The lowest BCUT2D eigenvalue weighted by Gasteiger charge is -2.02. The molecule has 0 aromatic heterocycles. The van der Waals surface area contributed by atoms with Gasteiger partial charge in [-0.25, -0.2) is 0 Å². The third kappa shape index (κ3) is 3.09. The summed E-state index contributed by atoms with van der Waals surface area (Å²) >= 11 is 3.37. The maximum atomic E-state index is 11.9. The number of carbonyl (C=O) groups excluding carboxylic acids is 1. The Morgan fingerprint density at radius 3 is 2.87 bits per heavy atom. The quantitative estimate of drug-likeness (QED) is 0.640. The lowest BCUT2D eigenvalue weighted by molar-refractivity contribution is -0.110. The number of benzene rings is 2. The van der Waals surface area contributed by atoms with Crippen molar-refractivity contribution in [3.63, 3.8) is 0 Å². The van der Waals surface area contributed by atoms with E-state index < -0.39 is 0 Å². The topological polar surface area (TPSA) is 83.3 Å². The van der Waals surface area contributed by atoms with Gasteiger partial charge in [-0.15, -0.1) is 5.10 Å². The second kappa shape index (κ2) is 6.21. The van der Waals surface area contributed by atoms with Gasteiger partial charge in [-0.1, -0.05) is 15.9 Å². The highest BCUT2D eigenvalue weighted by Crippen LogP contribution is 2.27. The third-order valence-corrected chi connectivity index (χ3v) is 3.76. The molecule has 0 unspecified atom stereocenters. The Bertz CT molecular complexity index is 846. The van der Waals surface area contributed by atoms with E-state index in [0.29, 0.717) is 22.6 Å². The normalized spacial score (nSPS) is 15.0. The van der Waals surface area contributed by atoms with Crippen molar-refractivity contribution in [2.24, 2.45) is 10.2 Å². The Balaban J connectivity index is 1.89. The van der Waals surface area contributed by atoms with Crippen molar-refractivity contribution in [2.75, 3.05) is 12.4 Å². The molecule has 0 aliphatic carbocycles. The van der Waals surface area contributed by atoms with Crippen LogP contribution in [0.15, 0.2) is 51.1 Å². The molecule has 116 valence electrons. The van der Waals surface area contributed by atoms with Gasteiger partial charge in [0.1, 0.15) is 0 Å². The van der Waals surface area contributed by atoms with Gasteiger partial charge < -0.3 is 15.2 Å². The molecular weight excluding hydrogens is 362 g/mol. The van der Waals surface area contributed by atoms with E-state index in [1.54, 1.807) is 18.2 Å². The monoisotopic (exact) mass is 373 g/mol. The molecular formula is C16H12BrN3O3. The second-order valence-corrected chi connectivity index (χ2v) is 5.68. The minimum absolute atomic E-state index is 0.0462. The number of methoxy groups -OCH3 is 1. The molecule has 3 rings (SSSR count). The number of rotatable bonds is 3. The Kier molecular flexibility index (Phi) is 4.12. The lowest BCUT2D eigenvalue weighted by Crippen LogP contribution is -2.13. The van der Waals surface area contributed by atoms with Crippen molar-refractivity contribution in [1.82, 2.24) is 0 Å². The SMILES string of the molecule is COc1cc(/C=N/N=C2\C(=O)Nc3ccc(Br)cc32)ccc1O. The van der Waals surface area contributed by atoms with E-state index >= 15 is 0 Å². The zero-order chi connectivity index (χ0) is 16.4. The van der Waals surface area contributed by atoms with Crippen molar-refractivity contribution in [1.29, 1.82) is 0 Å². The van der Waals surface area contributed by atoms with Crippen LogP contribution in [0.2, 0.25) is 0 Å². The minimum Gasteiger partial charge on any atom is -0.504 e. The highest BCUT2D eigenvalue weighted by atomic mass is 79.9. The summed E-state index contributed by atoms with van der Waals surface area (Å²) in [7, 11) is 1.47. The van der Waals surface area contributed by atoms with Gasteiger partial charge in [0, 0.05) is 10.0 Å². The summed E-state index contributed by atoms with van der Waals surface area (Å²) in [6, 6.07) is 10.2. The van der Waals surface area contributed by atoms with Crippen molar-refractivity contribution in [3.05, 3.63) is 52.0 Å². The van der Waals surface area contributed by atoms with Crippen molar-refractivity contribution >= 4 is 39.5 Å². The zero-order valence-corrected chi connectivity index (χ0v) is 13.7. The Morgan fingerprint density at radius 1 is 1.26 bits per heavy atom. The summed E-state index contributed by atoms with van der Waals surface area (Å²) in [6.07, 6.45) is 1.48. The molecule has 7 heteroatoms. The summed E-state index contributed by atoms with van der Waals surface area (Å²) in [4.78, 5) is 11.9. The van der Waals surface area contributed by atoms with Crippen LogP contribution in [0, 0.1) is 0 Å². The number of hydrogen-bond donors (Lipinski definition) is 2. The number of phenolic OH excluding ortho intramolecular Hbond substituents is 1. The summed E-state index contributed by atoms with van der Waals surface area (Å²) in [5.41, 5.74) is 2.35. The molecule has 0 radical (unpaired) electrons. The second-order valence-electron chi connectivity index (χ2n) is 4.77. The van der Waals surface area contributed by atoms with Crippen molar-refractivity contribution in [3.8, 4) is 11.5 Å². The summed E-state index contributed by atoms with van der Waals surface area (Å²) < 4.78 is 5.88. The van der Waals surface area contributed by atoms with Gasteiger partial charge >= 0.3 is 0 Å². The maximum Gasteiger partial charge on any atom is 0.276 e. The third-order valence-electron chi connectivity index (χ3n) is 3.27. The van der Waals surface area contributed by atoms with Gasteiger partial charge in [-0.05, 0) is 42.0 Å². The molecule has 1 amide bonds. The number of anilines is 1. The first-order valence-corrected chi connectivity index (χ1v) is 7.47. The average molecular weight is 374 g/mol. The Hall–Kier alpha value is -2.67. The van der Waals surface area contributed by atoms with Gasteiger partial charge in [-0.3, -0.25) is 4.79 Å². The first-order valence-electron chi connectivity index (χ1n) is 6.68. The molecule has 0 saturated heterocycles. The lowest BCUT2D eigenvalue weighted by atomic mass is 10.1. The summed E-state index contributed by atoms with van der Waals surface area (Å²) in [6.45, 7) is 0. The van der Waals surface area contributed by atoms with E-state index in [0.717, 1.165) is 4.47 Å². The van der Waals surface area contributed by atoms with E-state index in [4.69, 9.17) is 4.74 Å². The van der Waals surface area contributed by atoms with Gasteiger partial charge in [0.25, 0.3) is 5.91 Å². The van der Waals surface area contributed by atoms with Crippen LogP contribution in [0.3, 0.4) is 0 Å². The van der Waals surface area contributed by atoms with E-state index in [1.807, 2.05) is 12.1 Å². The van der Waals surface area contributed by atoms with Gasteiger partial charge in [0.15, 0.2) is 17.2 Å². The predicted molar refractivity (Wildman–Crippen MR) is 91.6 cm³/mol. The van der Waals surface area contributed by atoms with Crippen LogP contribution < -0.4 is 10.1 Å². The number of nitrogens with one attached hydrogen (secondary N) is 1. The van der Waals surface area contributed by atoms with E-state index in [9.17, 15) is 9.90 Å². The number of fused-ring (bicyclic) bond motifs is 1. The molecule has 2 aromatic carbocycles. The zero-order valence-electron chi connectivity index (χ0n) is 12.1. The molecule has 0 spiro atoms. The molecule has 1 heterocycles. The predicted octanol–water partition coefficient (Wildman–Crippen LogP) is 2.94. The summed E-state index contributed by atoms with van der Waals surface area (Å²) in [5, 5.41) is 20.2. The molecule has 1 aliphatic rings. The highest BCUT2D eigenvalue weighted by molar-refractivity contribution is 9.10. The number of nitrogens with zero attached hydrogens (tertiary/aromatic N) is 2. The number of aromatic hydroxyl groups is 1. The number of carbonyl (C=O) groups is 1. The Labute approximate surface area is 140 Å². The van der Waals surface area contributed by atoms with Crippen LogP contribution in [0.5, 0.6) is 11.5 Å². The van der Waals surface area contributed by atoms with Gasteiger partial charge in [0.2, 0.25) is 0 Å². The number of amides is 1. The molecule has 6 nitrogen and oxygen atoms in total. The van der Waals surface area contributed by atoms with Gasteiger partial charge in [-0.2, -0.15) is 5.10 Å². The van der Waals surface area contributed by atoms with Crippen molar-refractivity contribution in [2.45, 2.75) is 0 Å². The molecule has 1 aliphatic heterocycles. The van der Waals surface area contributed by atoms with Crippen molar-refractivity contribution < 1.29 is 14.6 Å². The summed E-state index contributed by atoms with van der Waals surface area (Å²) in [5.74, 6) is 0.0953. The first-order chi connectivity index (χ1) is 11.1. The number of phenols is 1. The van der Waals surface area contributed by atoms with Gasteiger partial charge in [0.05, 0.1) is 19.0 Å². The van der Waals surface area contributed by atoms with Crippen LogP contribution in [0.25, 0.3) is 0 Å². The number of halogens is 1. The van der Waals surface area contributed by atoms with Crippen LogP contribution in [0.1, 0.15) is 11.1 Å². The van der Waals surface area contributed by atoms with Crippen LogP contribution >= 0.6 is 15.9 Å². The molecule has 0 saturated carbocycles. The standard InChI is InChI=1S/C16H12BrN3O3/c1-23-14-6-9(2-5-13(14)21)8-18-20-15-11-7-10(17)3-4-12(11)19-16(15)22/h2-8,21H,1H3,(H,19,20,22)/b18-8+. The van der Waals surface area contributed by atoms with E-state index in [1.165, 1.54) is 19.4 Å². The highest BCUT2D eigenvalue weighted by Gasteiger charge is 2.26. The van der Waals surface area contributed by atoms with E-state index in [-0.39, 0.29) is 17.4 Å². The first kappa shape index (κ1) is 15.2. The van der Waals surface area contributed by atoms with Crippen LogP contribution in [0.4, 0.5) is 5.69 Å². The molecule has 23 heavy (non-hydrogen) atoms. The largest absolute Gasteiger partial charge is 0.504 e. The fraction of sp³-hybridized carbons (Fsp3) is 0.0625.